The van der Waals surface area contributed by atoms with Crippen molar-refractivity contribution in [1.29, 1.82) is 0 Å². The third-order valence-corrected chi connectivity index (χ3v) is 4.70. The third kappa shape index (κ3) is 4.33. The van der Waals surface area contributed by atoms with Crippen LogP contribution in [0.4, 0.5) is 4.79 Å². The number of hydrogen-bond acceptors (Lipinski definition) is 4. The predicted molar refractivity (Wildman–Crippen MR) is 90.1 cm³/mol. The second kappa shape index (κ2) is 8.70. The highest BCUT2D eigenvalue weighted by Crippen LogP contribution is 2.32. The molecule has 2 amide bonds. The average Bonchev–Trinajstić information content (AvgIpc) is 2.52. The number of β-amino-alcohol motifs (C(OH)–C–C–N with tert-alkyl or cyclic N) is 1. The van der Waals surface area contributed by atoms with Gasteiger partial charge in [-0.3, -0.25) is 4.90 Å². The summed E-state index contributed by atoms with van der Waals surface area (Å²) in [7, 11) is 5.77. The molecule has 0 aliphatic carbocycles. The van der Waals surface area contributed by atoms with Gasteiger partial charge in [0.1, 0.15) is 0 Å². The van der Waals surface area contributed by atoms with Gasteiger partial charge in [0, 0.05) is 58.9 Å². The van der Waals surface area contributed by atoms with Gasteiger partial charge in [0.25, 0.3) is 0 Å². The maximum atomic E-state index is 12.0. The van der Waals surface area contributed by atoms with Crippen LogP contribution in [-0.2, 0) is 0 Å². The molecule has 6 heteroatoms. The van der Waals surface area contributed by atoms with E-state index in [2.05, 4.69) is 16.8 Å². The first-order chi connectivity index (χ1) is 10.5. The Morgan fingerprint density at radius 2 is 1.73 bits per heavy atom. The molecule has 0 aromatic heterocycles. The van der Waals surface area contributed by atoms with E-state index in [1.807, 2.05) is 18.7 Å². The number of rotatable bonds is 2. The van der Waals surface area contributed by atoms with Crippen molar-refractivity contribution in [1.82, 2.24) is 19.6 Å². The molecule has 0 atom stereocenters. The highest BCUT2D eigenvalue weighted by molar-refractivity contribution is 5.73. The summed E-state index contributed by atoms with van der Waals surface area (Å²) in [6.45, 7) is 9.69. The van der Waals surface area contributed by atoms with Crippen LogP contribution in [0, 0.1) is 0 Å². The van der Waals surface area contributed by atoms with Crippen molar-refractivity contribution >= 4 is 6.03 Å². The van der Waals surface area contributed by atoms with Gasteiger partial charge >= 0.3 is 6.03 Å². The minimum absolute atomic E-state index is 0.109. The van der Waals surface area contributed by atoms with Crippen LogP contribution in [0.25, 0.3) is 0 Å². The van der Waals surface area contributed by atoms with Crippen molar-refractivity contribution in [3.8, 4) is 0 Å². The molecule has 1 N–H and O–H groups in total. The van der Waals surface area contributed by atoms with E-state index in [9.17, 15) is 9.90 Å². The standard InChI is InChI=1S/C14H28N4O2.C2H6/c1-15(2)13(20)17-6-4-14(5-7-17)12-16(3)8-9-18(14)10-11-19;1-2/h19H,4-12H2,1-3H3;1-2H3. The largest absolute Gasteiger partial charge is 0.395 e. The Hall–Kier alpha value is -0.850. The zero-order valence-corrected chi connectivity index (χ0v) is 15.0. The number of amides is 2. The number of piperazine rings is 1. The van der Waals surface area contributed by atoms with Crippen LogP contribution in [0.15, 0.2) is 0 Å². The van der Waals surface area contributed by atoms with Gasteiger partial charge in [-0.1, -0.05) is 13.8 Å². The number of likely N-dealkylation sites (N-methyl/N-ethyl adjacent to an activating group) is 1. The monoisotopic (exact) mass is 314 g/mol. The molecule has 0 unspecified atom stereocenters. The van der Waals surface area contributed by atoms with E-state index >= 15 is 0 Å². The maximum Gasteiger partial charge on any atom is 0.319 e. The molecule has 0 aromatic carbocycles. The van der Waals surface area contributed by atoms with E-state index in [1.54, 1.807) is 19.0 Å². The second-order valence-corrected chi connectivity index (χ2v) is 6.34. The number of carbonyl (C=O) groups excluding carboxylic acids is 1. The molecule has 2 fully saturated rings. The number of aliphatic hydroxyl groups is 1. The highest BCUT2D eigenvalue weighted by atomic mass is 16.3. The Bertz CT molecular complexity index is 341. The SMILES string of the molecule is CC.CN1CCN(CCO)C2(CCN(C(=O)N(C)C)CC2)C1. The summed E-state index contributed by atoms with van der Waals surface area (Å²) in [4.78, 5) is 20.4. The quantitative estimate of drug-likeness (QED) is 0.818. The van der Waals surface area contributed by atoms with Crippen LogP contribution in [0.2, 0.25) is 0 Å². The smallest absolute Gasteiger partial charge is 0.319 e. The van der Waals surface area contributed by atoms with Gasteiger partial charge in [0.15, 0.2) is 0 Å². The number of hydrogen-bond donors (Lipinski definition) is 1. The summed E-state index contributed by atoms with van der Waals surface area (Å²) in [5.74, 6) is 0. The Morgan fingerprint density at radius 1 is 1.14 bits per heavy atom. The number of piperidine rings is 1. The molecule has 2 rings (SSSR count). The summed E-state index contributed by atoms with van der Waals surface area (Å²) in [5, 5.41) is 9.28. The van der Waals surface area contributed by atoms with Crippen molar-refractivity contribution in [2.45, 2.75) is 32.2 Å². The van der Waals surface area contributed by atoms with Gasteiger partial charge in [-0.25, -0.2) is 4.79 Å². The summed E-state index contributed by atoms with van der Waals surface area (Å²) in [6.07, 6.45) is 1.99. The molecule has 0 radical (unpaired) electrons. The number of aliphatic hydroxyl groups excluding tert-OH is 1. The first-order valence-corrected chi connectivity index (χ1v) is 8.49. The zero-order valence-electron chi connectivity index (χ0n) is 15.0. The van der Waals surface area contributed by atoms with Gasteiger partial charge < -0.3 is 19.8 Å². The molecule has 0 saturated carbocycles. The molecule has 2 aliphatic heterocycles. The first kappa shape index (κ1) is 19.2. The van der Waals surface area contributed by atoms with E-state index in [0.29, 0.717) is 0 Å². The Balaban J connectivity index is 0.00000116. The zero-order chi connectivity index (χ0) is 16.8. The normalized spacial score (nSPS) is 22.2. The summed E-state index contributed by atoms with van der Waals surface area (Å²) >= 11 is 0. The Morgan fingerprint density at radius 3 is 2.23 bits per heavy atom. The molecular formula is C16H34N4O2. The third-order valence-electron chi connectivity index (χ3n) is 4.70. The van der Waals surface area contributed by atoms with E-state index in [-0.39, 0.29) is 18.2 Å². The molecular weight excluding hydrogens is 280 g/mol. The minimum atomic E-state index is 0.109. The van der Waals surface area contributed by atoms with Crippen LogP contribution in [0.3, 0.4) is 0 Å². The number of nitrogens with zero attached hydrogens (tertiary/aromatic N) is 4. The average molecular weight is 314 g/mol. The molecule has 2 aliphatic rings. The summed E-state index contributed by atoms with van der Waals surface area (Å²) in [6, 6.07) is 0.109. The molecule has 130 valence electrons. The topological polar surface area (TPSA) is 50.3 Å². The fraction of sp³-hybridized carbons (Fsp3) is 0.938. The van der Waals surface area contributed by atoms with Gasteiger partial charge in [0.2, 0.25) is 0 Å². The number of likely N-dealkylation sites (tertiary alicyclic amines) is 1. The lowest BCUT2D eigenvalue weighted by molar-refractivity contribution is -0.0366. The lowest BCUT2D eigenvalue weighted by Gasteiger charge is -2.53. The molecule has 2 saturated heterocycles. The molecule has 22 heavy (non-hydrogen) atoms. The first-order valence-electron chi connectivity index (χ1n) is 8.49. The van der Waals surface area contributed by atoms with Crippen molar-refractivity contribution in [2.75, 3.05) is 67.0 Å². The molecule has 0 bridgehead atoms. The van der Waals surface area contributed by atoms with Crippen LogP contribution < -0.4 is 0 Å². The predicted octanol–water partition coefficient (Wildman–Crippen LogP) is 0.769. The maximum absolute atomic E-state index is 12.0. The molecule has 1 spiro atoms. The van der Waals surface area contributed by atoms with Gasteiger partial charge in [-0.05, 0) is 19.9 Å². The van der Waals surface area contributed by atoms with Crippen LogP contribution >= 0.6 is 0 Å². The van der Waals surface area contributed by atoms with Crippen molar-refractivity contribution in [2.24, 2.45) is 0 Å². The van der Waals surface area contributed by atoms with Gasteiger partial charge in [0.05, 0.1) is 6.61 Å². The van der Waals surface area contributed by atoms with Gasteiger partial charge in [-0.2, -0.15) is 0 Å². The van der Waals surface area contributed by atoms with Crippen LogP contribution in [0.5, 0.6) is 0 Å². The molecule has 2 heterocycles. The van der Waals surface area contributed by atoms with Crippen molar-refractivity contribution < 1.29 is 9.90 Å². The van der Waals surface area contributed by atoms with Crippen molar-refractivity contribution in [3.05, 3.63) is 0 Å². The van der Waals surface area contributed by atoms with Crippen LogP contribution in [0.1, 0.15) is 26.7 Å². The Labute approximate surface area is 135 Å². The van der Waals surface area contributed by atoms with E-state index < -0.39 is 0 Å². The van der Waals surface area contributed by atoms with Crippen molar-refractivity contribution in [3.63, 3.8) is 0 Å². The summed E-state index contributed by atoms with van der Waals surface area (Å²) in [5.41, 5.74) is 0.138. The van der Waals surface area contributed by atoms with E-state index in [4.69, 9.17) is 0 Å². The number of urea groups is 1. The van der Waals surface area contributed by atoms with E-state index in [1.165, 1.54) is 0 Å². The lowest BCUT2D eigenvalue weighted by Crippen LogP contribution is -2.66. The van der Waals surface area contributed by atoms with Crippen LogP contribution in [-0.4, -0.2) is 103 Å². The fourth-order valence-electron chi connectivity index (χ4n) is 3.55. The minimum Gasteiger partial charge on any atom is -0.395 e. The van der Waals surface area contributed by atoms with Gasteiger partial charge in [-0.15, -0.1) is 0 Å². The van der Waals surface area contributed by atoms with E-state index in [0.717, 1.165) is 52.1 Å². The fourth-order valence-corrected chi connectivity index (χ4v) is 3.55. The summed E-state index contributed by atoms with van der Waals surface area (Å²) < 4.78 is 0. The lowest BCUT2D eigenvalue weighted by atomic mass is 9.83. The molecule has 6 nitrogen and oxygen atoms in total. The molecule has 0 aromatic rings. The highest BCUT2D eigenvalue weighted by Gasteiger charge is 2.43. The Kier molecular flexibility index (Phi) is 7.59. The number of carbonyl (C=O) groups is 1. The second-order valence-electron chi connectivity index (χ2n) is 6.34.